The van der Waals surface area contributed by atoms with Crippen molar-refractivity contribution in [2.45, 2.75) is 45.1 Å². The number of nitrogens with two attached hydrogens (primary N) is 1. The highest BCUT2D eigenvalue weighted by atomic mass is 16.5. The van der Waals surface area contributed by atoms with E-state index in [1.54, 1.807) is 7.11 Å². The van der Waals surface area contributed by atoms with E-state index < -0.39 is 0 Å². The summed E-state index contributed by atoms with van der Waals surface area (Å²) < 4.78 is 11.5. The van der Waals surface area contributed by atoms with Gasteiger partial charge in [-0.1, -0.05) is 31.6 Å². The SMILES string of the molecule is CCC1CCCC(Oc2ccc(OC)cc2C#CCN)C1. The lowest BCUT2D eigenvalue weighted by Crippen LogP contribution is -2.25. The minimum absolute atomic E-state index is 0.301. The average molecular weight is 287 g/mol. The van der Waals surface area contributed by atoms with Gasteiger partial charge in [-0.05, 0) is 43.4 Å². The van der Waals surface area contributed by atoms with Crippen LogP contribution < -0.4 is 15.2 Å². The van der Waals surface area contributed by atoms with Gasteiger partial charge in [-0.15, -0.1) is 0 Å². The monoisotopic (exact) mass is 287 g/mol. The molecule has 2 atom stereocenters. The number of rotatable bonds is 4. The number of ether oxygens (including phenoxy) is 2. The van der Waals surface area contributed by atoms with Gasteiger partial charge in [0.2, 0.25) is 0 Å². The quantitative estimate of drug-likeness (QED) is 0.864. The minimum Gasteiger partial charge on any atom is -0.497 e. The molecule has 0 saturated heterocycles. The Morgan fingerprint density at radius 2 is 2.19 bits per heavy atom. The molecule has 0 spiro atoms. The normalized spacial score (nSPS) is 21.3. The van der Waals surface area contributed by atoms with Crippen LogP contribution in [-0.4, -0.2) is 19.8 Å². The summed E-state index contributed by atoms with van der Waals surface area (Å²) in [6.07, 6.45) is 6.40. The Hall–Kier alpha value is -1.66. The van der Waals surface area contributed by atoms with Crippen molar-refractivity contribution in [3.63, 3.8) is 0 Å². The Morgan fingerprint density at radius 3 is 2.90 bits per heavy atom. The Kier molecular flexibility index (Phi) is 5.95. The maximum Gasteiger partial charge on any atom is 0.135 e. The van der Waals surface area contributed by atoms with Crippen LogP contribution in [0.5, 0.6) is 11.5 Å². The molecule has 0 heterocycles. The van der Waals surface area contributed by atoms with E-state index in [9.17, 15) is 0 Å². The molecule has 1 saturated carbocycles. The van der Waals surface area contributed by atoms with Gasteiger partial charge in [-0.3, -0.25) is 0 Å². The van der Waals surface area contributed by atoms with E-state index in [1.165, 1.54) is 19.3 Å². The van der Waals surface area contributed by atoms with Crippen molar-refractivity contribution in [3.05, 3.63) is 23.8 Å². The molecule has 2 N–H and O–H groups in total. The third-order valence-corrected chi connectivity index (χ3v) is 4.12. The smallest absolute Gasteiger partial charge is 0.135 e. The van der Waals surface area contributed by atoms with Crippen molar-refractivity contribution in [2.75, 3.05) is 13.7 Å². The fraction of sp³-hybridized carbons (Fsp3) is 0.556. The fourth-order valence-corrected chi connectivity index (χ4v) is 2.88. The van der Waals surface area contributed by atoms with Gasteiger partial charge < -0.3 is 15.2 Å². The molecule has 1 aliphatic carbocycles. The number of hydrogen-bond acceptors (Lipinski definition) is 3. The standard InChI is InChI=1S/C18H25NO2/c1-3-14-6-4-8-17(12-14)21-18-10-9-16(20-2)13-15(18)7-5-11-19/h9-10,13-14,17H,3-4,6,8,11-12,19H2,1-2H3. The van der Waals surface area contributed by atoms with Crippen molar-refractivity contribution in [1.82, 2.24) is 0 Å². The molecule has 2 unspecified atom stereocenters. The molecular weight excluding hydrogens is 262 g/mol. The van der Waals surface area contributed by atoms with Gasteiger partial charge in [0.25, 0.3) is 0 Å². The lowest BCUT2D eigenvalue weighted by atomic mass is 9.85. The number of methoxy groups -OCH3 is 1. The van der Waals surface area contributed by atoms with E-state index in [0.717, 1.165) is 35.8 Å². The first kappa shape index (κ1) is 15.7. The van der Waals surface area contributed by atoms with Crippen molar-refractivity contribution >= 4 is 0 Å². The van der Waals surface area contributed by atoms with Crippen LogP contribution in [0.4, 0.5) is 0 Å². The van der Waals surface area contributed by atoms with E-state index in [4.69, 9.17) is 15.2 Å². The summed E-state index contributed by atoms with van der Waals surface area (Å²) in [6.45, 7) is 2.61. The molecule has 0 aliphatic heterocycles. The first-order valence-corrected chi connectivity index (χ1v) is 7.80. The summed E-state index contributed by atoms with van der Waals surface area (Å²) >= 11 is 0. The summed E-state index contributed by atoms with van der Waals surface area (Å²) in [5.41, 5.74) is 6.33. The molecule has 21 heavy (non-hydrogen) atoms. The first-order valence-electron chi connectivity index (χ1n) is 7.80. The molecule has 1 fully saturated rings. The zero-order valence-electron chi connectivity index (χ0n) is 13.0. The van der Waals surface area contributed by atoms with Crippen LogP contribution in [0.15, 0.2) is 18.2 Å². The van der Waals surface area contributed by atoms with Crippen LogP contribution in [0.3, 0.4) is 0 Å². The van der Waals surface area contributed by atoms with E-state index in [-0.39, 0.29) is 0 Å². The second-order valence-corrected chi connectivity index (χ2v) is 5.55. The summed E-state index contributed by atoms with van der Waals surface area (Å²) in [7, 11) is 1.66. The maximum atomic E-state index is 6.22. The predicted octanol–water partition coefficient (Wildman–Crippen LogP) is 3.35. The summed E-state index contributed by atoms with van der Waals surface area (Å²) in [6, 6.07) is 5.79. The van der Waals surface area contributed by atoms with Gasteiger partial charge in [-0.2, -0.15) is 0 Å². The molecule has 1 aliphatic rings. The van der Waals surface area contributed by atoms with Crippen molar-refractivity contribution in [2.24, 2.45) is 11.7 Å². The molecule has 3 nitrogen and oxygen atoms in total. The fourth-order valence-electron chi connectivity index (χ4n) is 2.88. The highest BCUT2D eigenvalue weighted by Gasteiger charge is 2.22. The van der Waals surface area contributed by atoms with Gasteiger partial charge in [0.15, 0.2) is 0 Å². The number of hydrogen-bond donors (Lipinski definition) is 1. The third kappa shape index (κ3) is 4.41. The molecule has 0 bridgehead atoms. The van der Waals surface area contributed by atoms with Gasteiger partial charge in [0, 0.05) is 0 Å². The average Bonchev–Trinajstić information content (AvgIpc) is 2.54. The molecule has 3 heteroatoms. The Balaban J connectivity index is 2.14. The second-order valence-electron chi connectivity index (χ2n) is 5.55. The highest BCUT2D eigenvalue weighted by Crippen LogP contribution is 2.31. The largest absolute Gasteiger partial charge is 0.497 e. The molecule has 1 aromatic rings. The Labute approximate surface area is 127 Å². The van der Waals surface area contributed by atoms with Crippen molar-refractivity contribution < 1.29 is 9.47 Å². The molecule has 0 amide bonds. The van der Waals surface area contributed by atoms with Crippen LogP contribution >= 0.6 is 0 Å². The van der Waals surface area contributed by atoms with Crippen LogP contribution in [0.25, 0.3) is 0 Å². The van der Waals surface area contributed by atoms with Crippen LogP contribution in [0.1, 0.15) is 44.6 Å². The first-order chi connectivity index (χ1) is 10.3. The van der Waals surface area contributed by atoms with E-state index >= 15 is 0 Å². The van der Waals surface area contributed by atoms with Crippen LogP contribution in [0.2, 0.25) is 0 Å². The van der Waals surface area contributed by atoms with E-state index in [2.05, 4.69) is 18.8 Å². The van der Waals surface area contributed by atoms with E-state index in [1.807, 2.05) is 18.2 Å². The van der Waals surface area contributed by atoms with Crippen LogP contribution in [-0.2, 0) is 0 Å². The topological polar surface area (TPSA) is 44.5 Å². The summed E-state index contributed by atoms with van der Waals surface area (Å²) in [4.78, 5) is 0. The minimum atomic E-state index is 0.301. The lowest BCUT2D eigenvalue weighted by molar-refractivity contribution is 0.121. The van der Waals surface area contributed by atoms with Crippen molar-refractivity contribution in [1.29, 1.82) is 0 Å². The molecule has 0 radical (unpaired) electrons. The third-order valence-electron chi connectivity index (χ3n) is 4.12. The predicted molar refractivity (Wildman–Crippen MR) is 85.6 cm³/mol. The molecular formula is C18H25NO2. The van der Waals surface area contributed by atoms with E-state index in [0.29, 0.717) is 12.6 Å². The Morgan fingerprint density at radius 1 is 1.33 bits per heavy atom. The van der Waals surface area contributed by atoms with Gasteiger partial charge >= 0.3 is 0 Å². The molecule has 0 aromatic heterocycles. The Bertz CT molecular complexity index is 516. The summed E-state index contributed by atoms with van der Waals surface area (Å²) in [5.74, 6) is 8.41. The molecule has 2 rings (SSSR count). The van der Waals surface area contributed by atoms with Gasteiger partial charge in [0.1, 0.15) is 11.5 Å². The maximum absolute atomic E-state index is 6.22. The molecule has 114 valence electrons. The highest BCUT2D eigenvalue weighted by molar-refractivity contribution is 5.50. The molecule has 1 aromatic carbocycles. The zero-order valence-corrected chi connectivity index (χ0v) is 13.0. The van der Waals surface area contributed by atoms with Crippen LogP contribution in [0, 0.1) is 17.8 Å². The number of benzene rings is 1. The summed E-state index contributed by atoms with van der Waals surface area (Å²) in [5, 5.41) is 0. The zero-order chi connectivity index (χ0) is 15.1. The van der Waals surface area contributed by atoms with Crippen molar-refractivity contribution in [3.8, 4) is 23.3 Å². The van der Waals surface area contributed by atoms with Gasteiger partial charge in [0.05, 0.1) is 25.3 Å². The van der Waals surface area contributed by atoms with Gasteiger partial charge in [-0.25, -0.2) is 0 Å². The second kappa shape index (κ2) is 7.95. The lowest BCUT2D eigenvalue weighted by Gasteiger charge is -2.29.